The Hall–Kier alpha value is -7.68. The van der Waals surface area contributed by atoms with Gasteiger partial charge in [-0.2, -0.15) is 0 Å². The van der Waals surface area contributed by atoms with Crippen molar-refractivity contribution in [2.24, 2.45) is 5.73 Å². The summed E-state index contributed by atoms with van der Waals surface area (Å²) in [5.74, 6) is -0.760. The minimum atomic E-state index is -0.918. The van der Waals surface area contributed by atoms with Crippen molar-refractivity contribution in [2.45, 2.75) is 71.5 Å². The Morgan fingerprint density at radius 2 is 1.39 bits per heavy atom. The van der Waals surface area contributed by atoms with E-state index >= 15 is 0 Å². The average molecular weight is 954 g/mol. The van der Waals surface area contributed by atoms with E-state index in [-0.39, 0.29) is 32.1 Å². The van der Waals surface area contributed by atoms with Crippen LogP contribution in [0.25, 0.3) is 55.2 Å². The lowest BCUT2D eigenvalue weighted by Crippen LogP contribution is -2.34. The molecule has 4 heterocycles. The van der Waals surface area contributed by atoms with Crippen LogP contribution < -0.4 is 20.5 Å². The predicted molar refractivity (Wildman–Crippen MR) is 271 cm³/mol. The molecule has 0 unspecified atom stereocenters. The second kappa shape index (κ2) is 21.1. The molecule has 5 N–H and O–H groups in total. The normalized spacial score (nSPS) is 14.0. The molecule has 0 radical (unpaired) electrons. The lowest BCUT2D eigenvalue weighted by atomic mass is 9.97. The topological polar surface area (TPSA) is 183 Å². The van der Waals surface area contributed by atoms with Crippen molar-refractivity contribution in [2.75, 3.05) is 19.9 Å². The number of hydrogen-bond acceptors (Lipinski definition) is 11. The molecule has 13 nitrogen and oxygen atoms in total. The molecule has 0 aliphatic carbocycles. The van der Waals surface area contributed by atoms with Gasteiger partial charge in [-0.1, -0.05) is 66.7 Å². The van der Waals surface area contributed by atoms with Crippen LogP contribution in [0.15, 0.2) is 147 Å². The molecule has 3 aromatic heterocycles. The lowest BCUT2D eigenvalue weighted by Gasteiger charge is -2.25. The fourth-order valence-corrected chi connectivity index (χ4v) is 9.73. The Labute approximate surface area is 410 Å². The summed E-state index contributed by atoms with van der Waals surface area (Å²) in [4.78, 5) is 25.6. The smallest absolute Gasteiger partial charge is 0.307 e. The molecule has 6 aromatic carbocycles. The van der Waals surface area contributed by atoms with E-state index in [1.165, 1.54) is 0 Å². The van der Waals surface area contributed by atoms with Crippen LogP contribution in [-0.4, -0.2) is 53.0 Å². The molecular weight excluding hydrogens is 899 g/mol. The number of para-hydroxylation sites is 1. The standard InChI is InChI=1S/C58H55N3O10/c1-36-14-15-42(25-55(64)65)53(19-36)69-31-46-33-71-58-48-16-18-67-57(48)50(26-51(46)58)40-11-5-8-38(21-40)28-60-35-66-34-47-12-6-17-61(47)29-44-22-43(39-10-4-7-37(20-39)27-59)23-49-45(32-70-56(44)49)30-68-52-13-3-2-9-41(52)24-54(62)63/h2-5,7-11,13-16,18-23,26,32-33,47,60H,6,12,17,24-25,27-31,34-35,59H2,1H3,(H,62,63)(H,64,65)/t47-/m1/s1. The third kappa shape index (κ3) is 10.6. The molecule has 1 saturated heterocycles. The maximum atomic E-state index is 11.6. The van der Waals surface area contributed by atoms with Gasteiger partial charge in [-0.3, -0.25) is 19.8 Å². The first-order valence-electron chi connectivity index (χ1n) is 23.9. The van der Waals surface area contributed by atoms with E-state index in [1.807, 2.05) is 55.5 Å². The van der Waals surface area contributed by atoms with Gasteiger partial charge in [0.05, 0.1) is 50.4 Å². The number of furan rings is 3. The van der Waals surface area contributed by atoms with E-state index in [1.54, 1.807) is 37.0 Å². The highest BCUT2D eigenvalue weighted by Gasteiger charge is 2.27. The quantitative estimate of drug-likeness (QED) is 0.0395. The first-order chi connectivity index (χ1) is 34.7. The Balaban J connectivity index is 0.801. The van der Waals surface area contributed by atoms with Crippen LogP contribution in [0.1, 0.15) is 57.3 Å². The summed E-state index contributed by atoms with van der Waals surface area (Å²) in [6, 6.07) is 38.0. The zero-order valence-corrected chi connectivity index (χ0v) is 39.4. The number of carboxylic acid groups (broad SMARTS) is 2. The number of fused-ring (bicyclic) bond motifs is 4. The minimum Gasteiger partial charge on any atom is -0.488 e. The van der Waals surface area contributed by atoms with Crippen molar-refractivity contribution < 1.29 is 47.3 Å². The summed E-state index contributed by atoms with van der Waals surface area (Å²) in [7, 11) is 0. The Kier molecular flexibility index (Phi) is 14.0. The molecule has 362 valence electrons. The van der Waals surface area contributed by atoms with Gasteiger partial charge in [0.1, 0.15) is 41.5 Å². The molecule has 13 heteroatoms. The molecule has 10 rings (SSSR count). The summed E-state index contributed by atoms with van der Waals surface area (Å²) in [5.41, 5.74) is 19.4. The van der Waals surface area contributed by atoms with Gasteiger partial charge in [0, 0.05) is 69.8 Å². The number of nitrogens with one attached hydrogen (secondary N) is 1. The van der Waals surface area contributed by atoms with Crippen LogP contribution in [0, 0.1) is 6.92 Å². The van der Waals surface area contributed by atoms with Crippen LogP contribution in [-0.2, 0) is 60.0 Å². The maximum Gasteiger partial charge on any atom is 0.307 e. The molecule has 1 aliphatic rings. The third-order valence-corrected chi connectivity index (χ3v) is 13.3. The number of rotatable bonds is 21. The van der Waals surface area contributed by atoms with Crippen molar-refractivity contribution in [3.8, 4) is 33.8 Å². The molecular formula is C58H55N3O10. The average Bonchev–Trinajstić information content (AvgIpc) is 4.21. The number of carboxylic acids is 2. The molecule has 1 atom stereocenters. The van der Waals surface area contributed by atoms with Gasteiger partial charge in [0.2, 0.25) is 0 Å². The second-order valence-corrected chi connectivity index (χ2v) is 18.2. The first-order valence-corrected chi connectivity index (χ1v) is 23.9. The molecule has 9 aromatic rings. The van der Waals surface area contributed by atoms with Crippen LogP contribution in [0.2, 0.25) is 0 Å². The van der Waals surface area contributed by atoms with Gasteiger partial charge < -0.3 is 43.4 Å². The van der Waals surface area contributed by atoms with Gasteiger partial charge in [-0.05, 0) is 108 Å². The molecule has 0 saturated carbocycles. The number of aliphatic carboxylic acids is 2. The first kappa shape index (κ1) is 47.0. The predicted octanol–water partition coefficient (Wildman–Crippen LogP) is 11.2. The fraction of sp³-hybridized carbons (Fsp3) is 0.241. The monoisotopic (exact) mass is 953 g/mol. The van der Waals surface area contributed by atoms with Gasteiger partial charge in [0.15, 0.2) is 0 Å². The highest BCUT2D eigenvalue weighted by atomic mass is 16.5. The van der Waals surface area contributed by atoms with Gasteiger partial charge >= 0.3 is 11.9 Å². The van der Waals surface area contributed by atoms with E-state index < -0.39 is 11.9 Å². The highest BCUT2D eigenvalue weighted by Crippen LogP contribution is 2.39. The Morgan fingerprint density at radius 3 is 2.20 bits per heavy atom. The Morgan fingerprint density at radius 1 is 0.676 bits per heavy atom. The zero-order valence-electron chi connectivity index (χ0n) is 39.4. The molecule has 1 aliphatic heterocycles. The number of benzene rings is 6. The maximum absolute atomic E-state index is 11.6. The van der Waals surface area contributed by atoms with Crippen molar-refractivity contribution in [3.63, 3.8) is 0 Å². The number of nitrogens with zero attached hydrogens (tertiary/aromatic N) is 1. The van der Waals surface area contributed by atoms with E-state index in [2.05, 4.69) is 58.7 Å². The summed E-state index contributed by atoms with van der Waals surface area (Å²) < 4.78 is 37.3. The van der Waals surface area contributed by atoms with Crippen molar-refractivity contribution in [3.05, 3.63) is 179 Å². The number of likely N-dealkylation sites (tertiary alicyclic amines) is 1. The fourth-order valence-electron chi connectivity index (χ4n) is 9.73. The van der Waals surface area contributed by atoms with Crippen molar-refractivity contribution in [1.82, 2.24) is 10.2 Å². The van der Waals surface area contributed by atoms with Crippen molar-refractivity contribution in [1.29, 1.82) is 0 Å². The van der Waals surface area contributed by atoms with Crippen LogP contribution in [0.3, 0.4) is 0 Å². The van der Waals surface area contributed by atoms with Crippen LogP contribution in [0.4, 0.5) is 0 Å². The van der Waals surface area contributed by atoms with Gasteiger partial charge in [-0.25, -0.2) is 0 Å². The van der Waals surface area contributed by atoms with E-state index in [0.717, 1.165) is 102 Å². The van der Waals surface area contributed by atoms with E-state index in [0.29, 0.717) is 61.2 Å². The highest BCUT2D eigenvalue weighted by molar-refractivity contribution is 6.10. The molecule has 71 heavy (non-hydrogen) atoms. The second-order valence-electron chi connectivity index (χ2n) is 18.2. The lowest BCUT2D eigenvalue weighted by molar-refractivity contribution is -0.137. The number of ether oxygens (including phenoxy) is 3. The number of aryl methyl sites for hydroxylation is 1. The molecule has 0 amide bonds. The van der Waals surface area contributed by atoms with Gasteiger partial charge in [0.25, 0.3) is 0 Å². The molecule has 1 fully saturated rings. The summed E-state index contributed by atoms with van der Waals surface area (Å²) >= 11 is 0. The summed E-state index contributed by atoms with van der Waals surface area (Å²) in [6.45, 7) is 5.96. The van der Waals surface area contributed by atoms with Crippen LogP contribution in [0.5, 0.6) is 11.5 Å². The van der Waals surface area contributed by atoms with E-state index in [4.69, 9.17) is 33.2 Å². The molecule has 0 spiro atoms. The summed E-state index contributed by atoms with van der Waals surface area (Å²) in [6.07, 6.45) is 6.94. The number of hydrogen-bond donors (Lipinski definition) is 4. The number of nitrogens with two attached hydrogens (primary N) is 1. The van der Waals surface area contributed by atoms with Gasteiger partial charge in [-0.15, -0.1) is 0 Å². The van der Waals surface area contributed by atoms with E-state index in [9.17, 15) is 19.8 Å². The third-order valence-electron chi connectivity index (χ3n) is 13.3. The SMILES string of the molecule is Cc1ccc(CC(=O)O)c(OCc2coc3c2cc(-c2cccc(CNCOC[C@H]4CCCN4Cc4cc(-c5cccc(CN)c5)cc5c(COc6ccccc6CC(=O)O)coc45)c2)c2occc23)c1. The largest absolute Gasteiger partial charge is 0.488 e. The zero-order chi connectivity index (χ0) is 48.8. The molecule has 0 bridgehead atoms. The Bertz CT molecular complexity index is 3370. The van der Waals surface area contributed by atoms with Crippen LogP contribution >= 0.6 is 0 Å². The summed E-state index contributed by atoms with van der Waals surface area (Å²) in [5, 5.41) is 25.1. The number of carbonyl (C=O) groups is 2. The minimum absolute atomic E-state index is 0.127. The van der Waals surface area contributed by atoms with Crippen molar-refractivity contribution >= 4 is 44.8 Å².